The highest BCUT2D eigenvalue weighted by molar-refractivity contribution is 5.96. The van der Waals surface area contributed by atoms with E-state index in [0.29, 0.717) is 6.42 Å². The van der Waals surface area contributed by atoms with Crippen molar-refractivity contribution < 1.29 is 9.72 Å². The van der Waals surface area contributed by atoms with Gasteiger partial charge in [-0.1, -0.05) is 13.8 Å². The van der Waals surface area contributed by atoms with Crippen molar-refractivity contribution in [3.63, 3.8) is 0 Å². The zero-order valence-electron chi connectivity index (χ0n) is 11.3. The van der Waals surface area contributed by atoms with Crippen molar-refractivity contribution in [3.8, 4) is 6.07 Å². The van der Waals surface area contributed by atoms with E-state index in [1.54, 1.807) is 0 Å². The summed E-state index contributed by atoms with van der Waals surface area (Å²) in [6.07, 6.45) is 0.482. The summed E-state index contributed by atoms with van der Waals surface area (Å²) in [5.74, 6) is -0.238. The number of hydrogen-bond donors (Lipinski definition) is 2. The highest BCUT2D eigenvalue weighted by Crippen LogP contribution is 2.25. The first-order valence-electron chi connectivity index (χ1n) is 6.10. The van der Waals surface area contributed by atoms with Gasteiger partial charge in [0.15, 0.2) is 0 Å². The van der Waals surface area contributed by atoms with Crippen LogP contribution < -0.4 is 11.1 Å². The number of amides is 1. The van der Waals surface area contributed by atoms with Crippen LogP contribution in [0.5, 0.6) is 0 Å². The monoisotopic (exact) mass is 276 g/mol. The van der Waals surface area contributed by atoms with Gasteiger partial charge in [0.2, 0.25) is 5.91 Å². The number of nitrogens with zero attached hydrogens (tertiary/aromatic N) is 2. The molecular formula is C13H16N4O3. The fourth-order valence-corrected chi connectivity index (χ4v) is 1.70. The number of nitriles is 1. The molecule has 3 N–H and O–H groups in total. The fourth-order valence-electron chi connectivity index (χ4n) is 1.70. The highest BCUT2D eigenvalue weighted by atomic mass is 16.6. The second kappa shape index (κ2) is 6.63. The topological polar surface area (TPSA) is 122 Å². The molecule has 7 nitrogen and oxygen atoms in total. The molecule has 1 aromatic carbocycles. The SMILES string of the molecule is CC(C)CC(N)C(=O)Nc1ccc(C#N)cc1[N+](=O)[O-]. The first kappa shape index (κ1) is 15.6. The lowest BCUT2D eigenvalue weighted by Gasteiger charge is -2.14. The van der Waals surface area contributed by atoms with Gasteiger partial charge in [-0.05, 0) is 24.5 Å². The number of nitrogens with two attached hydrogens (primary N) is 1. The normalized spacial score (nSPS) is 11.8. The Bertz CT molecular complexity index is 563. The summed E-state index contributed by atoms with van der Waals surface area (Å²) in [6, 6.07) is 4.92. The number of carbonyl (C=O) groups is 1. The van der Waals surface area contributed by atoms with Crippen LogP contribution in [-0.2, 0) is 4.79 Å². The van der Waals surface area contributed by atoms with Crippen molar-refractivity contribution in [3.05, 3.63) is 33.9 Å². The summed E-state index contributed by atoms with van der Waals surface area (Å²) < 4.78 is 0. The average molecular weight is 276 g/mol. The lowest BCUT2D eigenvalue weighted by molar-refractivity contribution is -0.383. The third-order valence-electron chi connectivity index (χ3n) is 2.64. The van der Waals surface area contributed by atoms with Crippen LogP contribution in [0.3, 0.4) is 0 Å². The van der Waals surface area contributed by atoms with E-state index in [-0.39, 0.29) is 22.9 Å². The first-order chi connectivity index (χ1) is 9.35. The van der Waals surface area contributed by atoms with Gasteiger partial charge in [-0.2, -0.15) is 5.26 Å². The van der Waals surface area contributed by atoms with E-state index >= 15 is 0 Å². The zero-order valence-corrected chi connectivity index (χ0v) is 11.3. The molecule has 7 heteroatoms. The van der Waals surface area contributed by atoms with E-state index < -0.39 is 16.9 Å². The smallest absolute Gasteiger partial charge is 0.294 e. The molecule has 1 aromatic rings. The van der Waals surface area contributed by atoms with Crippen LogP contribution in [0.25, 0.3) is 0 Å². The Morgan fingerprint density at radius 3 is 2.70 bits per heavy atom. The molecule has 106 valence electrons. The summed E-state index contributed by atoms with van der Waals surface area (Å²) in [4.78, 5) is 22.1. The number of nitro groups is 1. The third-order valence-corrected chi connectivity index (χ3v) is 2.64. The Balaban J connectivity index is 2.95. The zero-order chi connectivity index (χ0) is 15.3. The molecule has 0 saturated heterocycles. The molecule has 20 heavy (non-hydrogen) atoms. The van der Waals surface area contributed by atoms with Crippen molar-refractivity contribution in [2.45, 2.75) is 26.3 Å². The van der Waals surface area contributed by atoms with Crippen molar-refractivity contribution in [1.29, 1.82) is 5.26 Å². The second-order valence-electron chi connectivity index (χ2n) is 4.83. The highest BCUT2D eigenvalue weighted by Gasteiger charge is 2.20. The first-order valence-corrected chi connectivity index (χ1v) is 6.10. The van der Waals surface area contributed by atoms with E-state index in [1.807, 2.05) is 19.9 Å². The van der Waals surface area contributed by atoms with Gasteiger partial charge in [-0.3, -0.25) is 14.9 Å². The molecule has 0 fully saturated rings. The molecule has 0 aliphatic carbocycles. The molecule has 0 aliphatic heterocycles. The number of benzene rings is 1. The maximum atomic E-state index is 11.9. The quantitative estimate of drug-likeness (QED) is 0.627. The number of hydrogen-bond acceptors (Lipinski definition) is 5. The molecule has 0 heterocycles. The summed E-state index contributed by atoms with van der Waals surface area (Å²) >= 11 is 0. The molecular weight excluding hydrogens is 260 g/mol. The fraction of sp³-hybridized carbons (Fsp3) is 0.385. The van der Waals surface area contributed by atoms with Crippen LogP contribution in [0.2, 0.25) is 0 Å². The van der Waals surface area contributed by atoms with E-state index in [4.69, 9.17) is 11.0 Å². The lowest BCUT2D eigenvalue weighted by atomic mass is 10.0. The lowest BCUT2D eigenvalue weighted by Crippen LogP contribution is -2.36. The molecule has 1 unspecified atom stereocenters. The van der Waals surface area contributed by atoms with Gasteiger partial charge in [0.1, 0.15) is 5.69 Å². The summed E-state index contributed by atoms with van der Waals surface area (Å²) in [5.41, 5.74) is 5.58. The van der Waals surface area contributed by atoms with E-state index in [0.717, 1.165) is 6.07 Å². The average Bonchev–Trinajstić information content (AvgIpc) is 2.37. The Hall–Kier alpha value is -2.46. The second-order valence-corrected chi connectivity index (χ2v) is 4.83. The summed E-state index contributed by atoms with van der Waals surface area (Å²) in [5, 5.41) is 22.1. The number of carbonyl (C=O) groups excluding carboxylic acids is 1. The molecule has 0 bridgehead atoms. The largest absolute Gasteiger partial charge is 0.320 e. The van der Waals surface area contributed by atoms with Gasteiger partial charge in [0.05, 0.1) is 22.6 Å². The standard InChI is InChI=1S/C13H16N4O3/c1-8(2)5-10(15)13(18)16-11-4-3-9(7-14)6-12(11)17(19)20/h3-4,6,8,10H,5,15H2,1-2H3,(H,16,18). The Labute approximate surface area is 116 Å². The van der Waals surface area contributed by atoms with Gasteiger partial charge < -0.3 is 11.1 Å². The van der Waals surface area contributed by atoms with Gasteiger partial charge >= 0.3 is 0 Å². The summed E-state index contributed by atoms with van der Waals surface area (Å²) in [7, 11) is 0. The Morgan fingerprint density at radius 1 is 1.55 bits per heavy atom. The van der Waals surface area contributed by atoms with E-state index in [1.165, 1.54) is 12.1 Å². The molecule has 0 spiro atoms. The minimum Gasteiger partial charge on any atom is -0.320 e. The predicted octanol–water partition coefficient (Wildman–Crippen LogP) is 1.78. The Kier molecular flexibility index (Phi) is 5.17. The van der Waals surface area contributed by atoms with Crippen molar-refractivity contribution in [1.82, 2.24) is 0 Å². The van der Waals surface area contributed by atoms with Crippen LogP contribution in [0.15, 0.2) is 18.2 Å². The van der Waals surface area contributed by atoms with Gasteiger partial charge in [0, 0.05) is 6.07 Å². The minimum absolute atomic E-state index is 0.0400. The van der Waals surface area contributed by atoms with Crippen molar-refractivity contribution in [2.24, 2.45) is 11.7 Å². The third kappa shape index (κ3) is 4.03. The van der Waals surface area contributed by atoms with Crippen molar-refractivity contribution >= 4 is 17.3 Å². The Morgan fingerprint density at radius 2 is 2.20 bits per heavy atom. The van der Waals surface area contributed by atoms with Crippen LogP contribution >= 0.6 is 0 Å². The number of rotatable bonds is 5. The minimum atomic E-state index is -0.731. The van der Waals surface area contributed by atoms with E-state index in [2.05, 4.69) is 5.32 Å². The molecule has 0 aliphatic rings. The molecule has 0 saturated carbocycles. The number of nitrogens with one attached hydrogen (secondary N) is 1. The van der Waals surface area contributed by atoms with Crippen LogP contribution in [0.4, 0.5) is 11.4 Å². The van der Waals surface area contributed by atoms with E-state index in [9.17, 15) is 14.9 Å². The van der Waals surface area contributed by atoms with Crippen LogP contribution in [0, 0.1) is 27.4 Å². The molecule has 1 atom stereocenters. The molecule has 1 rings (SSSR count). The summed E-state index contributed by atoms with van der Waals surface area (Å²) in [6.45, 7) is 3.86. The predicted molar refractivity (Wildman–Crippen MR) is 73.9 cm³/mol. The van der Waals surface area contributed by atoms with Gasteiger partial charge in [0.25, 0.3) is 5.69 Å². The van der Waals surface area contributed by atoms with Crippen LogP contribution in [0.1, 0.15) is 25.8 Å². The van der Waals surface area contributed by atoms with Crippen LogP contribution in [-0.4, -0.2) is 16.9 Å². The van der Waals surface area contributed by atoms with Gasteiger partial charge in [-0.25, -0.2) is 0 Å². The number of nitro benzene ring substituents is 1. The maximum Gasteiger partial charge on any atom is 0.294 e. The van der Waals surface area contributed by atoms with Crippen molar-refractivity contribution in [2.75, 3.05) is 5.32 Å². The maximum absolute atomic E-state index is 11.9. The number of anilines is 1. The molecule has 0 radical (unpaired) electrons. The molecule has 1 amide bonds. The van der Waals surface area contributed by atoms with Gasteiger partial charge in [-0.15, -0.1) is 0 Å². The molecule has 0 aromatic heterocycles.